The topological polar surface area (TPSA) is 38.5 Å². The molecule has 1 atom stereocenters. The van der Waals surface area contributed by atoms with Crippen LogP contribution in [0.2, 0.25) is 0 Å². The maximum atomic E-state index is 13.2. The summed E-state index contributed by atoms with van der Waals surface area (Å²) in [5.74, 6) is 0.364. The number of nitrogens with zero attached hydrogens (tertiary/aromatic N) is 1. The minimum atomic E-state index is -0.218. The summed E-state index contributed by atoms with van der Waals surface area (Å²) < 4.78 is 18.4. The van der Waals surface area contributed by atoms with Gasteiger partial charge < -0.3 is 10.5 Å². The van der Waals surface area contributed by atoms with Gasteiger partial charge in [-0.25, -0.2) is 4.39 Å². The van der Waals surface area contributed by atoms with Gasteiger partial charge in [0, 0.05) is 25.9 Å². The molecule has 1 aliphatic heterocycles. The summed E-state index contributed by atoms with van der Waals surface area (Å²) in [5, 5.41) is 0. The van der Waals surface area contributed by atoms with Gasteiger partial charge in [0.15, 0.2) is 0 Å². The second-order valence-corrected chi connectivity index (χ2v) is 5.04. The molecule has 4 heteroatoms. The van der Waals surface area contributed by atoms with E-state index in [1.165, 1.54) is 25.0 Å². The van der Waals surface area contributed by atoms with Crippen LogP contribution >= 0.6 is 0 Å². The molecule has 1 fully saturated rings. The predicted molar refractivity (Wildman–Crippen MR) is 70.7 cm³/mol. The molecule has 0 radical (unpaired) electrons. The number of nitrogen functional groups attached to an aromatic ring is 1. The van der Waals surface area contributed by atoms with E-state index in [0.717, 1.165) is 31.8 Å². The molecular weight excluding hydrogens is 231 g/mol. The third-order valence-corrected chi connectivity index (χ3v) is 3.50. The zero-order chi connectivity index (χ0) is 13.0. The minimum Gasteiger partial charge on any atom is -0.398 e. The molecule has 0 saturated carbocycles. The Bertz CT molecular complexity index is 395. The van der Waals surface area contributed by atoms with Crippen LogP contribution in [-0.4, -0.2) is 31.7 Å². The van der Waals surface area contributed by atoms with Crippen molar-refractivity contribution < 1.29 is 9.13 Å². The zero-order valence-electron chi connectivity index (χ0n) is 10.9. The van der Waals surface area contributed by atoms with Gasteiger partial charge in [0.1, 0.15) is 5.82 Å². The first-order valence-corrected chi connectivity index (χ1v) is 6.44. The van der Waals surface area contributed by atoms with E-state index in [2.05, 4.69) is 4.90 Å². The molecule has 0 aliphatic carbocycles. The standard InChI is InChI=1S/C14H21FN2O/c1-18-10-11-3-2-6-17(8-11)9-12-7-13(15)4-5-14(12)16/h4-5,7,11H,2-3,6,8-10,16H2,1H3. The van der Waals surface area contributed by atoms with Crippen molar-refractivity contribution in [3.8, 4) is 0 Å². The fraction of sp³-hybridized carbons (Fsp3) is 0.571. The molecule has 0 amide bonds. The number of methoxy groups -OCH3 is 1. The lowest BCUT2D eigenvalue weighted by atomic mass is 9.98. The van der Waals surface area contributed by atoms with Crippen LogP contribution in [0, 0.1) is 11.7 Å². The number of halogens is 1. The Morgan fingerprint density at radius 3 is 3.11 bits per heavy atom. The molecule has 1 unspecified atom stereocenters. The highest BCUT2D eigenvalue weighted by atomic mass is 19.1. The second-order valence-electron chi connectivity index (χ2n) is 5.04. The predicted octanol–water partition coefficient (Wildman–Crippen LogP) is 2.27. The molecule has 2 rings (SSSR count). The molecule has 1 aromatic rings. The molecule has 0 aromatic heterocycles. The van der Waals surface area contributed by atoms with Gasteiger partial charge in [0.25, 0.3) is 0 Å². The average molecular weight is 252 g/mol. The normalized spacial score (nSPS) is 21.1. The molecule has 1 heterocycles. The van der Waals surface area contributed by atoms with Crippen LogP contribution < -0.4 is 5.73 Å². The van der Waals surface area contributed by atoms with Crippen LogP contribution in [0.4, 0.5) is 10.1 Å². The molecule has 0 bridgehead atoms. The average Bonchev–Trinajstić information content (AvgIpc) is 2.35. The summed E-state index contributed by atoms with van der Waals surface area (Å²) >= 11 is 0. The zero-order valence-corrected chi connectivity index (χ0v) is 10.9. The number of hydrogen-bond acceptors (Lipinski definition) is 3. The molecule has 1 aliphatic rings. The summed E-state index contributed by atoms with van der Waals surface area (Å²) in [6.45, 7) is 3.58. The molecule has 3 nitrogen and oxygen atoms in total. The van der Waals surface area contributed by atoms with Crippen molar-refractivity contribution in [2.24, 2.45) is 5.92 Å². The number of ether oxygens (including phenoxy) is 1. The monoisotopic (exact) mass is 252 g/mol. The highest BCUT2D eigenvalue weighted by Gasteiger charge is 2.20. The van der Waals surface area contributed by atoms with Gasteiger partial charge in [-0.05, 0) is 49.1 Å². The lowest BCUT2D eigenvalue weighted by Gasteiger charge is -2.32. The highest BCUT2D eigenvalue weighted by Crippen LogP contribution is 2.21. The lowest BCUT2D eigenvalue weighted by Crippen LogP contribution is -2.36. The lowest BCUT2D eigenvalue weighted by molar-refractivity contribution is 0.0874. The Kier molecular flexibility index (Phi) is 4.55. The third kappa shape index (κ3) is 3.43. The number of anilines is 1. The van der Waals surface area contributed by atoms with Crippen molar-refractivity contribution in [3.05, 3.63) is 29.6 Å². The Hall–Kier alpha value is -1.13. The van der Waals surface area contributed by atoms with Gasteiger partial charge in [-0.2, -0.15) is 0 Å². The maximum absolute atomic E-state index is 13.2. The van der Waals surface area contributed by atoms with E-state index in [-0.39, 0.29) is 5.82 Å². The second kappa shape index (κ2) is 6.16. The van der Waals surface area contributed by atoms with E-state index >= 15 is 0 Å². The van der Waals surface area contributed by atoms with Crippen molar-refractivity contribution in [2.45, 2.75) is 19.4 Å². The Balaban J connectivity index is 1.98. The van der Waals surface area contributed by atoms with Gasteiger partial charge in [-0.3, -0.25) is 4.90 Å². The summed E-state index contributed by atoms with van der Waals surface area (Å²) in [7, 11) is 1.74. The van der Waals surface area contributed by atoms with Crippen molar-refractivity contribution in [3.63, 3.8) is 0 Å². The summed E-state index contributed by atoms with van der Waals surface area (Å²) in [6.07, 6.45) is 2.38. The SMILES string of the molecule is COCC1CCCN(Cc2cc(F)ccc2N)C1. The fourth-order valence-corrected chi connectivity index (χ4v) is 2.62. The van der Waals surface area contributed by atoms with Crippen molar-refractivity contribution in [2.75, 3.05) is 32.5 Å². The van der Waals surface area contributed by atoms with Crippen LogP contribution in [0.3, 0.4) is 0 Å². The van der Waals surface area contributed by atoms with E-state index in [4.69, 9.17) is 10.5 Å². The number of hydrogen-bond donors (Lipinski definition) is 1. The summed E-state index contributed by atoms with van der Waals surface area (Å²) in [5.41, 5.74) is 7.44. The number of likely N-dealkylation sites (tertiary alicyclic amines) is 1. The van der Waals surface area contributed by atoms with Gasteiger partial charge in [-0.1, -0.05) is 0 Å². The van der Waals surface area contributed by atoms with Crippen LogP contribution in [0.25, 0.3) is 0 Å². The molecule has 1 aromatic carbocycles. The Labute approximate surface area is 108 Å². The third-order valence-electron chi connectivity index (χ3n) is 3.50. The Morgan fingerprint density at radius 1 is 1.50 bits per heavy atom. The van der Waals surface area contributed by atoms with Gasteiger partial charge in [0.2, 0.25) is 0 Å². The number of rotatable bonds is 4. The van der Waals surface area contributed by atoms with Crippen molar-refractivity contribution in [1.82, 2.24) is 4.90 Å². The minimum absolute atomic E-state index is 0.218. The first kappa shape index (κ1) is 13.3. The molecule has 2 N–H and O–H groups in total. The number of benzene rings is 1. The van der Waals surface area contributed by atoms with E-state index in [1.54, 1.807) is 13.2 Å². The Morgan fingerprint density at radius 2 is 2.33 bits per heavy atom. The number of piperidine rings is 1. The van der Waals surface area contributed by atoms with Gasteiger partial charge >= 0.3 is 0 Å². The van der Waals surface area contributed by atoms with Gasteiger partial charge in [-0.15, -0.1) is 0 Å². The van der Waals surface area contributed by atoms with Crippen LogP contribution in [0.5, 0.6) is 0 Å². The number of nitrogens with two attached hydrogens (primary N) is 1. The van der Waals surface area contributed by atoms with Crippen molar-refractivity contribution >= 4 is 5.69 Å². The fourth-order valence-electron chi connectivity index (χ4n) is 2.62. The van der Waals surface area contributed by atoms with E-state index in [1.807, 2.05) is 0 Å². The molecule has 1 saturated heterocycles. The smallest absolute Gasteiger partial charge is 0.123 e. The molecular formula is C14H21FN2O. The summed E-state index contributed by atoms with van der Waals surface area (Å²) in [6, 6.07) is 4.58. The maximum Gasteiger partial charge on any atom is 0.123 e. The first-order valence-electron chi connectivity index (χ1n) is 6.44. The molecule has 18 heavy (non-hydrogen) atoms. The van der Waals surface area contributed by atoms with Crippen LogP contribution in [0.1, 0.15) is 18.4 Å². The van der Waals surface area contributed by atoms with Crippen molar-refractivity contribution in [1.29, 1.82) is 0 Å². The van der Waals surface area contributed by atoms with E-state index in [0.29, 0.717) is 11.6 Å². The van der Waals surface area contributed by atoms with E-state index in [9.17, 15) is 4.39 Å². The molecule has 100 valence electrons. The largest absolute Gasteiger partial charge is 0.398 e. The first-order chi connectivity index (χ1) is 8.69. The van der Waals surface area contributed by atoms with Gasteiger partial charge in [0.05, 0.1) is 6.61 Å². The molecule has 0 spiro atoms. The summed E-state index contributed by atoms with van der Waals surface area (Å²) in [4.78, 5) is 2.33. The van der Waals surface area contributed by atoms with Crippen LogP contribution in [-0.2, 0) is 11.3 Å². The quantitative estimate of drug-likeness (QED) is 0.835. The van der Waals surface area contributed by atoms with E-state index < -0.39 is 0 Å². The highest BCUT2D eigenvalue weighted by molar-refractivity contribution is 5.46. The van der Waals surface area contributed by atoms with Crippen LogP contribution in [0.15, 0.2) is 18.2 Å².